The zero-order chi connectivity index (χ0) is 21.0. The fraction of sp³-hybridized carbons (Fsp3) is 0.158. The van der Waals surface area contributed by atoms with Gasteiger partial charge >= 0.3 is 0 Å². The lowest BCUT2D eigenvalue weighted by atomic mass is 10.1. The molecule has 0 amide bonds. The Hall–Kier alpha value is -2.75. The summed E-state index contributed by atoms with van der Waals surface area (Å²) in [6.07, 6.45) is 1.35. The van der Waals surface area contributed by atoms with Crippen molar-refractivity contribution in [3.05, 3.63) is 76.1 Å². The fourth-order valence-corrected chi connectivity index (χ4v) is 3.83. The molecular formula is C19H17ClFN3O4S. The van der Waals surface area contributed by atoms with Crippen LogP contribution < -0.4 is 15.0 Å². The molecule has 0 aliphatic rings. The molecule has 1 heterocycles. The number of halogens is 2. The molecule has 0 unspecified atom stereocenters. The predicted octanol–water partition coefficient (Wildman–Crippen LogP) is 2.69. The number of ether oxygens (including phenoxy) is 1. The second-order valence-electron chi connectivity index (χ2n) is 6.01. The van der Waals surface area contributed by atoms with Crippen molar-refractivity contribution < 1.29 is 17.5 Å². The molecule has 3 rings (SSSR count). The molecule has 1 N–H and O–H groups in total. The standard InChI is InChI=1S/C19H17ClFN3O4S/c1-28-14-4-2-13(3-5-14)18-11-19(25)24(12-22-18)9-8-23-29(26,27)15-6-7-17(21)16(20)10-15/h2-7,10-12,23H,8-9H2,1H3. The molecule has 0 radical (unpaired) electrons. The molecule has 152 valence electrons. The smallest absolute Gasteiger partial charge is 0.253 e. The van der Waals surface area contributed by atoms with Crippen molar-refractivity contribution in [2.75, 3.05) is 13.7 Å². The Labute approximate surface area is 171 Å². The number of hydrogen-bond donors (Lipinski definition) is 1. The van der Waals surface area contributed by atoms with E-state index in [1.807, 2.05) is 0 Å². The highest BCUT2D eigenvalue weighted by atomic mass is 35.5. The number of rotatable bonds is 7. The normalized spacial score (nSPS) is 11.4. The van der Waals surface area contributed by atoms with E-state index in [9.17, 15) is 17.6 Å². The van der Waals surface area contributed by atoms with Crippen molar-refractivity contribution in [3.8, 4) is 17.0 Å². The summed E-state index contributed by atoms with van der Waals surface area (Å²) in [5.41, 5.74) is 0.925. The summed E-state index contributed by atoms with van der Waals surface area (Å²) >= 11 is 5.62. The molecule has 0 bridgehead atoms. The number of nitrogens with zero attached hydrogens (tertiary/aromatic N) is 2. The van der Waals surface area contributed by atoms with Gasteiger partial charge in [-0.05, 0) is 42.5 Å². The van der Waals surface area contributed by atoms with E-state index in [1.165, 1.54) is 17.0 Å². The number of aromatic nitrogens is 2. The van der Waals surface area contributed by atoms with Crippen LogP contribution in [0.5, 0.6) is 5.75 Å². The van der Waals surface area contributed by atoms with Crippen LogP contribution in [0.2, 0.25) is 5.02 Å². The van der Waals surface area contributed by atoms with Gasteiger partial charge in [-0.3, -0.25) is 9.36 Å². The van der Waals surface area contributed by atoms with Gasteiger partial charge in [-0.25, -0.2) is 22.5 Å². The van der Waals surface area contributed by atoms with Crippen LogP contribution in [0, 0.1) is 5.82 Å². The first-order valence-electron chi connectivity index (χ1n) is 8.46. The molecule has 0 aliphatic heterocycles. The second-order valence-corrected chi connectivity index (χ2v) is 8.18. The predicted molar refractivity (Wildman–Crippen MR) is 107 cm³/mol. The number of nitrogens with one attached hydrogen (secondary N) is 1. The van der Waals surface area contributed by atoms with Crippen LogP contribution in [0.3, 0.4) is 0 Å². The molecule has 0 aliphatic carbocycles. The summed E-state index contributed by atoms with van der Waals surface area (Å²) in [5.74, 6) is -0.0167. The van der Waals surface area contributed by atoms with Gasteiger partial charge in [0.2, 0.25) is 10.0 Å². The highest BCUT2D eigenvalue weighted by Crippen LogP contribution is 2.20. The minimum absolute atomic E-state index is 0.0548. The van der Waals surface area contributed by atoms with Gasteiger partial charge < -0.3 is 4.74 Å². The van der Waals surface area contributed by atoms with Crippen molar-refractivity contribution in [1.82, 2.24) is 14.3 Å². The van der Waals surface area contributed by atoms with E-state index in [4.69, 9.17) is 16.3 Å². The lowest BCUT2D eigenvalue weighted by molar-refractivity contribution is 0.415. The third kappa shape index (κ3) is 5.00. The zero-order valence-electron chi connectivity index (χ0n) is 15.3. The van der Waals surface area contributed by atoms with Crippen LogP contribution in [-0.4, -0.2) is 31.6 Å². The van der Waals surface area contributed by atoms with Crippen LogP contribution in [0.4, 0.5) is 4.39 Å². The van der Waals surface area contributed by atoms with Gasteiger partial charge in [-0.15, -0.1) is 0 Å². The van der Waals surface area contributed by atoms with Gasteiger partial charge in [0.15, 0.2) is 0 Å². The first kappa shape index (κ1) is 21.0. The van der Waals surface area contributed by atoms with E-state index < -0.39 is 15.8 Å². The Morgan fingerprint density at radius 3 is 2.52 bits per heavy atom. The maximum absolute atomic E-state index is 13.2. The lowest BCUT2D eigenvalue weighted by Crippen LogP contribution is -2.31. The van der Waals surface area contributed by atoms with E-state index in [0.29, 0.717) is 11.4 Å². The summed E-state index contributed by atoms with van der Waals surface area (Å²) in [6.45, 7) is 0.0175. The monoisotopic (exact) mass is 437 g/mol. The van der Waals surface area contributed by atoms with Crippen molar-refractivity contribution >= 4 is 21.6 Å². The Kier molecular flexibility index (Phi) is 6.31. The highest BCUT2D eigenvalue weighted by Gasteiger charge is 2.15. The summed E-state index contributed by atoms with van der Waals surface area (Å²) in [4.78, 5) is 16.4. The van der Waals surface area contributed by atoms with Crippen LogP contribution in [0.25, 0.3) is 11.3 Å². The first-order valence-corrected chi connectivity index (χ1v) is 10.3. The average molecular weight is 438 g/mol. The van der Waals surface area contributed by atoms with Crippen molar-refractivity contribution in [2.45, 2.75) is 11.4 Å². The van der Waals surface area contributed by atoms with E-state index in [1.54, 1.807) is 31.4 Å². The fourth-order valence-electron chi connectivity index (χ4n) is 2.54. The van der Waals surface area contributed by atoms with E-state index in [0.717, 1.165) is 23.8 Å². The average Bonchev–Trinajstić information content (AvgIpc) is 2.71. The molecule has 29 heavy (non-hydrogen) atoms. The van der Waals surface area contributed by atoms with Crippen LogP contribution in [0.1, 0.15) is 0 Å². The molecule has 0 atom stereocenters. The topological polar surface area (TPSA) is 90.3 Å². The van der Waals surface area contributed by atoms with Gasteiger partial charge in [0.1, 0.15) is 11.6 Å². The van der Waals surface area contributed by atoms with Crippen molar-refractivity contribution in [2.24, 2.45) is 0 Å². The molecule has 2 aromatic carbocycles. The Morgan fingerprint density at radius 1 is 1.17 bits per heavy atom. The quantitative estimate of drug-likeness (QED) is 0.613. The van der Waals surface area contributed by atoms with Gasteiger partial charge in [0, 0.05) is 24.7 Å². The first-order chi connectivity index (χ1) is 13.8. The molecule has 1 aromatic heterocycles. The molecule has 7 nitrogen and oxygen atoms in total. The molecule has 0 saturated carbocycles. The molecule has 0 spiro atoms. The largest absolute Gasteiger partial charge is 0.497 e. The Bertz CT molecular complexity index is 1180. The number of sulfonamides is 1. The van der Waals surface area contributed by atoms with E-state index in [2.05, 4.69) is 9.71 Å². The minimum atomic E-state index is -3.89. The summed E-state index contributed by atoms with van der Waals surface area (Å²) in [5, 5.41) is -0.289. The molecular weight excluding hydrogens is 421 g/mol. The van der Waals surface area contributed by atoms with E-state index in [-0.39, 0.29) is 28.6 Å². The summed E-state index contributed by atoms with van der Waals surface area (Å²) in [7, 11) is -2.33. The van der Waals surface area contributed by atoms with Crippen LogP contribution in [0.15, 0.2) is 64.5 Å². The van der Waals surface area contributed by atoms with Gasteiger partial charge in [0.05, 0.1) is 29.0 Å². The van der Waals surface area contributed by atoms with Crippen molar-refractivity contribution in [1.29, 1.82) is 0 Å². The Morgan fingerprint density at radius 2 is 1.90 bits per heavy atom. The molecule has 3 aromatic rings. The number of benzene rings is 2. The van der Waals surface area contributed by atoms with Crippen LogP contribution >= 0.6 is 11.6 Å². The van der Waals surface area contributed by atoms with Gasteiger partial charge in [-0.1, -0.05) is 11.6 Å². The highest BCUT2D eigenvalue weighted by molar-refractivity contribution is 7.89. The second kappa shape index (κ2) is 8.73. The zero-order valence-corrected chi connectivity index (χ0v) is 16.9. The Balaban J connectivity index is 1.67. The number of hydrogen-bond acceptors (Lipinski definition) is 5. The molecule has 10 heteroatoms. The van der Waals surface area contributed by atoms with Gasteiger partial charge in [0.25, 0.3) is 5.56 Å². The summed E-state index contributed by atoms with van der Waals surface area (Å²) in [6, 6.07) is 11.6. The maximum atomic E-state index is 13.2. The summed E-state index contributed by atoms with van der Waals surface area (Å²) < 4.78 is 46.4. The third-order valence-corrected chi connectivity index (χ3v) is 5.86. The van der Waals surface area contributed by atoms with E-state index >= 15 is 0 Å². The SMILES string of the molecule is COc1ccc(-c2cc(=O)n(CCNS(=O)(=O)c3ccc(F)c(Cl)c3)cn2)cc1. The third-order valence-electron chi connectivity index (χ3n) is 4.11. The molecule has 0 fully saturated rings. The number of methoxy groups -OCH3 is 1. The lowest BCUT2D eigenvalue weighted by Gasteiger charge is -2.09. The van der Waals surface area contributed by atoms with Crippen LogP contribution in [-0.2, 0) is 16.6 Å². The molecule has 0 saturated heterocycles. The maximum Gasteiger partial charge on any atom is 0.253 e. The minimum Gasteiger partial charge on any atom is -0.497 e. The van der Waals surface area contributed by atoms with Crippen molar-refractivity contribution in [3.63, 3.8) is 0 Å². The van der Waals surface area contributed by atoms with Gasteiger partial charge in [-0.2, -0.15) is 0 Å².